The molecule has 0 unspecified atom stereocenters. The SMILES string of the molecule is CC.O=c1[nH][c-]nc2ccccc12.[CH3-].[Y].[Y].[Y]. The van der Waals surface area contributed by atoms with Crippen molar-refractivity contribution >= 4 is 10.9 Å². The number of aromatic nitrogens is 2. The molecular formula is C11H14N2OY3-2. The summed E-state index contributed by atoms with van der Waals surface area (Å²) in [5, 5.41) is 0.603. The minimum Gasteiger partial charge on any atom is -0.420 e. The molecule has 85 valence electrons. The van der Waals surface area contributed by atoms with E-state index in [1.165, 1.54) is 0 Å². The third-order valence-electron chi connectivity index (χ3n) is 1.49. The van der Waals surface area contributed by atoms with E-state index in [2.05, 4.69) is 16.3 Å². The van der Waals surface area contributed by atoms with Crippen LogP contribution in [0.25, 0.3) is 10.9 Å². The number of nitrogens with zero attached hydrogens (tertiary/aromatic N) is 1. The normalized spacial score (nSPS) is 6.94. The van der Waals surface area contributed by atoms with Gasteiger partial charge in [-0.2, -0.15) is 0 Å². The monoisotopic (exact) mass is 457 g/mol. The summed E-state index contributed by atoms with van der Waals surface area (Å²) < 4.78 is 0. The van der Waals surface area contributed by atoms with Gasteiger partial charge in [0.2, 0.25) is 0 Å². The molecule has 0 fully saturated rings. The number of rotatable bonds is 0. The molecule has 1 aromatic carbocycles. The molecule has 0 aliphatic rings. The number of fused-ring (bicyclic) bond motifs is 1. The molecule has 6 heteroatoms. The van der Waals surface area contributed by atoms with Gasteiger partial charge < -0.3 is 22.2 Å². The molecule has 3 radical (unpaired) electrons. The van der Waals surface area contributed by atoms with Gasteiger partial charge in [-0.3, -0.25) is 0 Å². The van der Waals surface area contributed by atoms with E-state index in [-0.39, 0.29) is 111 Å². The van der Waals surface area contributed by atoms with Crippen LogP contribution < -0.4 is 5.56 Å². The van der Waals surface area contributed by atoms with Crippen LogP contribution in [0, 0.1) is 13.8 Å². The van der Waals surface area contributed by atoms with Gasteiger partial charge in [0.1, 0.15) is 5.56 Å². The van der Waals surface area contributed by atoms with Crippen LogP contribution in [0.5, 0.6) is 0 Å². The van der Waals surface area contributed by atoms with Crippen molar-refractivity contribution in [1.82, 2.24) is 9.97 Å². The van der Waals surface area contributed by atoms with Crippen LogP contribution >= 0.6 is 0 Å². The van der Waals surface area contributed by atoms with Gasteiger partial charge in [-0.15, -0.1) is 0 Å². The number of hydrogen-bond donors (Lipinski definition) is 1. The summed E-state index contributed by atoms with van der Waals surface area (Å²) in [4.78, 5) is 17.3. The summed E-state index contributed by atoms with van der Waals surface area (Å²) >= 11 is 0. The molecule has 1 aromatic heterocycles. The molecule has 1 heterocycles. The Morgan fingerprint density at radius 1 is 1.12 bits per heavy atom. The molecule has 2 aromatic rings. The number of H-pyrrole nitrogens is 1. The largest absolute Gasteiger partial charge is 0.420 e. The molecule has 0 atom stereocenters. The summed E-state index contributed by atoms with van der Waals surface area (Å²) in [6.07, 6.45) is 2.42. The molecule has 0 aliphatic heterocycles. The van der Waals surface area contributed by atoms with Crippen LogP contribution in [-0.2, 0) is 98.1 Å². The Morgan fingerprint density at radius 2 is 1.65 bits per heavy atom. The molecule has 17 heavy (non-hydrogen) atoms. The van der Waals surface area contributed by atoms with E-state index in [1.807, 2.05) is 19.9 Å². The number of aromatic amines is 1. The van der Waals surface area contributed by atoms with Gasteiger partial charge in [0.25, 0.3) is 0 Å². The Balaban J connectivity index is -0.000000134. The molecule has 2 rings (SSSR count). The van der Waals surface area contributed by atoms with Crippen LogP contribution in [0.1, 0.15) is 13.8 Å². The Kier molecular flexibility index (Phi) is 25.1. The van der Waals surface area contributed by atoms with Crippen molar-refractivity contribution in [3.8, 4) is 0 Å². The van der Waals surface area contributed by atoms with Gasteiger partial charge >= 0.3 is 0 Å². The van der Waals surface area contributed by atoms with Crippen LogP contribution in [0.15, 0.2) is 29.1 Å². The van der Waals surface area contributed by atoms with Crippen molar-refractivity contribution in [3.05, 3.63) is 48.4 Å². The second-order valence-corrected chi connectivity index (χ2v) is 2.19. The molecule has 0 aliphatic carbocycles. The average Bonchev–Trinajstić information content (AvgIpc) is 2.22. The molecule has 1 N–H and O–H groups in total. The summed E-state index contributed by atoms with van der Waals surface area (Å²) in [5.41, 5.74) is 0.534. The van der Waals surface area contributed by atoms with Crippen LogP contribution in [0.3, 0.4) is 0 Å². The molecule has 3 nitrogen and oxygen atoms in total. The van der Waals surface area contributed by atoms with E-state index in [0.717, 1.165) is 0 Å². The van der Waals surface area contributed by atoms with Crippen molar-refractivity contribution in [3.63, 3.8) is 0 Å². The van der Waals surface area contributed by atoms with Gasteiger partial charge in [0.05, 0.1) is 0 Å². The molecule has 0 spiro atoms. The van der Waals surface area contributed by atoms with Gasteiger partial charge in [-0.05, 0) is 10.9 Å². The third-order valence-corrected chi connectivity index (χ3v) is 1.49. The van der Waals surface area contributed by atoms with Gasteiger partial charge in [0, 0.05) is 104 Å². The maximum Gasteiger partial charge on any atom is 0.143 e. The first-order chi connectivity index (χ1) is 6.38. The van der Waals surface area contributed by atoms with Gasteiger partial charge in [-0.1, -0.05) is 38.1 Å². The van der Waals surface area contributed by atoms with Crippen molar-refractivity contribution in [2.75, 3.05) is 0 Å². The number of para-hydroxylation sites is 1. The van der Waals surface area contributed by atoms with E-state index in [0.29, 0.717) is 10.9 Å². The summed E-state index contributed by atoms with van der Waals surface area (Å²) in [6.45, 7) is 4.00. The zero-order valence-electron chi connectivity index (χ0n) is 10.4. The first-order valence-corrected chi connectivity index (χ1v) is 4.23. The zero-order valence-corrected chi connectivity index (χ0v) is 18.9. The second kappa shape index (κ2) is 15.7. The van der Waals surface area contributed by atoms with Gasteiger partial charge in [-0.25, -0.2) is 0 Å². The molecule has 0 saturated carbocycles. The maximum absolute atomic E-state index is 11.1. The van der Waals surface area contributed by atoms with Crippen LogP contribution in [-0.4, -0.2) is 9.97 Å². The standard InChI is InChI=1S/C8H5N2O.C2H6.CH3.3Y/c11-8-6-3-1-2-4-7(6)9-5-10-8;1-2;;;;/h1-4H,(H,9,10,11);1-2H3;1H3;;;/q-1;;-1;;;. The first-order valence-electron chi connectivity index (χ1n) is 4.23. The number of benzene rings is 1. The fourth-order valence-corrected chi connectivity index (χ4v) is 0.969. The minimum atomic E-state index is -0.143. The fraction of sp³-hybridized carbons (Fsp3) is 0.182. The topological polar surface area (TPSA) is 45.8 Å². The van der Waals surface area contributed by atoms with E-state index in [4.69, 9.17) is 0 Å². The molecule has 0 saturated heterocycles. The van der Waals surface area contributed by atoms with E-state index in [1.54, 1.807) is 18.2 Å². The number of hydrogen-bond acceptors (Lipinski definition) is 2. The van der Waals surface area contributed by atoms with E-state index in [9.17, 15) is 4.79 Å². The van der Waals surface area contributed by atoms with Crippen molar-refractivity contribution in [2.24, 2.45) is 0 Å². The Labute approximate surface area is 178 Å². The fourth-order valence-electron chi connectivity index (χ4n) is 0.969. The smallest absolute Gasteiger partial charge is 0.143 e. The van der Waals surface area contributed by atoms with E-state index >= 15 is 0 Å². The van der Waals surface area contributed by atoms with Crippen molar-refractivity contribution < 1.29 is 98.1 Å². The third kappa shape index (κ3) is 8.44. The van der Waals surface area contributed by atoms with Crippen molar-refractivity contribution in [1.29, 1.82) is 0 Å². The Hall–Kier alpha value is 1.67. The quantitative estimate of drug-likeness (QED) is 0.618. The van der Waals surface area contributed by atoms with E-state index < -0.39 is 0 Å². The minimum absolute atomic E-state index is 0. The predicted octanol–water partition coefficient (Wildman–Crippen LogP) is 2.19. The zero-order chi connectivity index (χ0) is 9.68. The second-order valence-electron chi connectivity index (χ2n) is 2.19. The Bertz CT molecular complexity index is 440. The average molecular weight is 457 g/mol. The van der Waals surface area contributed by atoms with Crippen molar-refractivity contribution in [2.45, 2.75) is 13.8 Å². The molecule has 0 bridgehead atoms. The summed E-state index contributed by atoms with van der Waals surface area (Å²) in [5.74, 6) is 0. The van der Waals surface area contributed by atoms with Gasteiger partial charge in [0.15, 0.2) is 0 Å². The maximum atomic E-state index is 11.1. The first kappa shape index (κ1) is 27.1. The van der Waals surface area contributed by atoms with Crippen LogP contribution in [0.2, 0.25) is 0 Å². The summed E-state index contributed by atoms with van der Waals surface area (Å²) in [7, 11) is 0. The predicted molar refractivity (Wildman–Crippen MR) is 59.0 cm³/mol. The van der Waals surface area contributed by atoms with Crippen LogP contribution in [0.4, 0.5) is 0 Å². The summed E-state index contributed by atoms with van der Waals surface area (Å²) in [6, 6.07) is 7.15. The number of nitrogens with one attached hydrogen (secondary N) is 1. The molecule has 0 amide bonds. The molecular weight excluding hydrogens is 443 g/mol. The Morgan fingerprint density at radius 3 is 2.18 bits per heavy atom.